The van der Waals surface area contributed by atoms with E-state index in [9.17, 15) is 10.0 Å². The van der Waals surface area contributed by atoms with Gasteiger partial charge >= 0.3 is 0 Å². The number of hydroxylamine groups is 1. The quantitative estimate of drug-likeness (QED) is 0.450. The Morgan fingerprint density at radius 2 is 1.96 bits per heavy atom. The van der Waals surface area contributed by atoms with Gasteiger partial charge in [0.25, 0.3) is 0 Å². The van der Waals surface area contributed by atoms with Crippen LogP contribution in [0.5, 0.6) is 0 Å². The Labute approximate surface area is 146 Å². The molecule has 4 aromatic rings. The molecule has 0 radical (unpaired) electrons. The molecular weight excluding hydrogens is 340 g/mol. The standard InChI is InChI=1S/C16H12N6O2S/c1-10(23)22(24)11-6-17-16(18-7-11)21-14-5-3-2-4-12(14)20-15(21)13-8-25-9-19-13/h2-9,24H,1H3. The maximum Gasteiger partial charge on any atom is 0.247 e. The fourth-order valence-electron chi connectivity index (χ4n) is 2.44. The van der Waals surface area contributed by atoms with E-state index in [2.05, 4.69) is 19.9 Å². The average Bonchev–Trinajstić information content (AvgIpc) is 3.28. The molecule has 0 saturated heterocycles. The molecule has 25 heavy (non-hydrogen) atoms. The first-order valence-corrected chi connectivity index (χ1v) is 8.27. The molecule has 124 valence electrons. The first-order valence-electron chi connectivity index (χ1n) is 7.33. The van der Waals surface area contributed by atoms with Gasteiger partial charge in [0.2, 0.25) is 11.9 Å². The molecule has 0 aliphatic rings. The van der Waals surface area contributed by atoms with Crippen LogP contribution in [0.3, 0.4) is 0 Å². The zero-order chi connectivity index (χ0) is 17.4. The molecule has 9 heteroatoms. The Kier molecular flexibility index (Phi) is 3.71. The van der Waals surface area contributed by atoms with Gasteiger partial charge in [0.15, 0.2) is 5.82 Å². The molecule has 4 rings (SSSR count). The number of hydrogen-bond acceptors (Lipinski definition) is 7. The van der Waals surface area contributed by atoms with Gasteiger partial charge in [-0.1, -0.05) is 12.1 Å². The number of thiazole rings is 1. The van der Waals surface area contributed by atoms with Crippen molar-refractivity contribution >= 4 is 34.0 Å². The van der Waals surface area contributed by atoms with Crippen molar-refractivity contribution in [3.8, 4) is 17.5 Å². The van der Waals surface area contributed by atoms with Crippen LogP contribution in [0.15, 0.2) is 47.5 Å². The minimum atomic E-state index is -0.521. The van der Waals surface area contributed by atoms with E-state index in [0.29, 0.717) is 16.8 Å². The maximum atomic E-state index is 11.2. The molecule has 0 aliphatic carbocycles. The van der Waals surface area contributed by atoms with E-state index in [1.165, 1.54) is 30.7 Å². The molecule has 3 heterocycles. The number of carbonyl (C=O) groups is 1. The molecule has 0 spiro atoms. The fourth-order valence-corrected chi connectivity index (χ4v) is 2.97. The van der Waals surface area contributed by atoms with Crippen molar-refractivity contribution in [3.05, 3.63) is 47.5 Å². The van der Waals surface area contributed by atoms with Crippen LogP contribution in [0.4, 0.5) is 5.69 Å². The topological polar surface area (TPSA) is 97.0 Å². The summed E-state index contributed by atoms with van der Waals surface area (Å²) in [7, 11) is 0. The van der Waals surface area contributed by atoms with E-state index >= 15 is 0 Å². The van der Waals surface area contributed by atoms with Crippen molar-refractivity contribution in [1.29, 1.82) is 0 Å². The van der Waals surface area contributed by atoms with Gasteiger partial charge < -0.3 is 0 Å². The highest BCUT2D eigenvalue weighted by Crippen LogP contribution is 2.27. The van der Waals surface area contributed by atoms with Gasteiger partial charge in [-0.3, -0.25) is 14.6 Å². The molecule has 0 atom stereocenters. The zero-order valence-corrected chi connectivity index (χ0v) is 13.9. The number of benzene rings is 1. The van der Waals surface area contributed by atoms with Gasteiger partial charge in [-0.15, -0.1) is 11.3 Å². The molecule has 1 amide bonds. The number of carbonyl (C=O) groups excluding carboxylic acids is 1. The van der Waals surface area contributed by atoms with E-state index in [-0.39, 0.29) is 5.69 Å². The summed E-state index contributed by atoms with van der Waals surface area (Å²) in [5, 5.41) is 12.1. The van der Waals surface area contributed by atoms with Crippen molar-refractivity contribution < 1.29 is 10.0 Å². The Morgan fingerprint density at radius 1 is 1.20 bits per heavy atom. The number of hydrogen-bond donors (Lipinski definition) is 1. The molecule has 1 N–H and O–H groups in total. The van der Waals surface area contributed by atoms with E-state index in [1.54, 1.807) is 10.1 Å². The van der Waals surface area contributed by atoms with Crippen LogP contribution in [-0.2, 0) is 4.79 Å². The highest BCUT2D eigenvalue weighted by molar-refractivity contribution is 7.07. The number of fused-ring (bicyclic) bond motifs is 1. The highest BCUT2D eigenvalue weighted by atomic mass is 32.1. The minimum Gasteiger partial charge on any atom is -0.281 e. The molecule has 0 bridgehead atoms. The summed E-state index contributed by atoms with van der Waals surface area (Å²) in [6, 6.07) is 7.64. The van der Waals surface area contributed by atoms with Gasteiger partial charge in [-0.25, -0.2) is 19.9 Å². The van der Waals surface area contributed by atoms with Crippen molar-refractivity contribution in [2.75, 3.05) is 5.06 Å². The summed E-state index contributed by atoms with van der Waals surface area (Å²) in [5.41, 5.74) is 4.29. The van der Waals surface area contributed by atoms with Crippen LogP contribution < -0.4 is 5.06 Å². The Balaban J connectivity index is 1.88. The fraction of sp³-hybridized carbons (Fsp3) is 0.0625. The number of anilines is 1. The Bertz CT molecular complexity index is 1040. The lowest BCUT2D eigenvalue weighted by Crippen LogP contribution is -2.24. The van der Waals surface area contributed by atoms with Crippen molar-refractivity contribution in [3.63, 3.8) is 0 Å². The molecule has 0 saturated carbocycles. The van der Waals surface area contributed by atoms with Crippen LogP contribution in [0.25, 0.3) is 28.5 Å². The first kappa shape index (κ1) is 15.4. The van der Waals surface area contributed by atoms with Crippen molar-refractivity contribution in [2.45, 2.75) is 6.92 Å². The summed E-state index contributed by atoms with van der Waals surface area (Å²) >= 11 is 1.48. The number of amides is 1. The number of nitrogens with zero attached hydrogens (tertiary/aromatic N) is 6. The van der Waals surface area contributed by atoms with Gasteiger partial charge in [-0.2, -0.15) is 5.06 Å². The van der Waals surface area contributed by atoms with Crippen LogP contribution >= 0.6 is 11.3 Å². The lowest BCUT2D eigenvalue weighted by molar-refractivity contribution is -0.121. The van der Waals surface area contributed by atoms with E-state index in [4.69, 9.17) is 0 Å². The second-order valence-corrected chi connectivity index (χ2v) is 5.92. The molecule has 8 nitrogen and oxygen atoms in total. The number of imidazole rings is 1. The summed E-state index contributed by atoms with van der Waals surface area (Å²) in [5.74, 6) is 0.479. The second kappa shape index (κ2) is 6.04. The highest BCUT2D eigenvalue weighted by Gasteiger charge is 2.18. The van der Waals surface area contributed by atoms with Crippen LogP contribution in [-0.4, -0.2) is 35.6 Å². The third-order valence-corrected chi connectivity index (χ3v) is 4.18. The van der Waals surface area contributed by atoms with Crippen molar-refractivity contribution in [2.24, 2.45) is 0 Å². The monoisotopic (exact) mass is 352 g/mol. The van der Waals surface area contributed by atoms with Gasteiger partial charge in [0.05, 0.1) is 28.9 Å². The average molecular weight is 352 g/mol. The summed E-state index contributed by atoms with van der Waals surface area (Å²) in [6.07, 6.45) is 2.76. The van der Waals surface area contributed by atoms with Crippen LogP contribution in [0.1, 0.15) is 6.92 Å². The molecule has 0 fully saturated rings. The predicted molar refractivity (Wildman–Crippen MR) is 92.7 cm³/mol. The molecule has 0 unspecified atom stereocenters. The largest absolute Gasteiger partial charge is 0.281 e. The number of para-hydroxylation sites is 2. The lowest BCUT2D eigenvalue weighted by Gasteiger charge is -2.12. The second-order valence-electron chi connectivity index (χ2n) is 5.21. The van der Waals surface area contributed by atoms with Crippen LogP contribution in [0, 0.1) is 0 Å². The zero-order valence-electron chi connectivity index (χ0n) is 13.1. The summed E-state index contributed by atoms with van der Waals surface area (Å²) < 4.78 is 1.80. The smallest absolute Gasteiger partial charge is 0.247 e. The SMILES string of the molecule is CC(=O)N(O)c1cnc(-n2c(-c3cscn3)nc3ccccc32)nc1. The number of aromatic nitrogens is 5. The number of rotatable bonds is 3. The van der Waals surface area contributed by atoms with Gasteiger partial charge in [0.1, 0.15) is 11.4 Å². The third kappa shape index (κ3) is 2.65. The molecule has 0 aliphatic heterocycles. The van der Waals surface area contributed by atoms with Crippen molar-refractivity contribution in [1.82, 2.24) is 24.5 Å². The Morgan fingerprint density at radius 3 is 2.64 bits per heavy atom. The molecular formula is C16H12N6O2S. The lowest BCUT2D eigenvalue weighted by atomic mass is 10.3. The van der Waals surface area contributed by atoms with Crippen LogP contribution in [0.2, 0.25) is 0 Å². The van der Waals surface area contributed by atoms with E-state index in [1.807, 2.05) is 29.6 Å². The molecule has 3 aromatic heterocycles. The minimum absolute atomic E-state index is 0.191. The summed E-state index contributed by atoms with van der Waals surface area (Å²) in [6.45, 7) is 1.25. The Hall–Kier alpha value is -3.17. The normalized spacial score (nSPS) is 11.0. The van der Waals surface area contributed by atoms with Gasteiger partial charge in [0, 0.05) is 12.3 Å². The molecule has 1 aromatic carbocycles. The third-order valence-electron chi connectivity index (χ3n) is 3.59. The van der Waals surface area contributed by atoms with Gasteiger partial charge in [-0.05, 0) is 12.1 Å². The maximum absolute atomic E-state index is 11.2. The summed E-state index contributed by atoms with van der Waals surface area (Å²) in [4.78, 5) is 28.8. The van der Waals surface area contributed by atoms with E-state index < -0.39 is 5.91 Å². The first-order chi connectivity index (χ1) is 12.1. The van der Waals surface area contributed by atoms with E-state index in [0.717, 1.165) is 16.7 Å². The predicted octanol–water partition coefficient (Wildman–Crippen LogP) is 2.68.